The van der Waals surface area contributed by atoms with Gasteiger partial charge in [0.25, 0.3) is 0 Å². The van der Waals surface area contributed by atoms with E-state index in [-0.39, 0.29) is 42.4 Å². The first-order valence-corrected chi connectivity index (χ1v) is 7.66. The topological polar surface area (TPSA) is 79.5 Å². The van der Waals surface area contributed by atoms with Gasteiger partial charge in [0.05, 0.1) is 0 Å². The van der Waals surface area contributed by atoms with Crippen molar-refractivity contribution in [2.75, 3.05) is 17.2 Å². The zero-order valence-electron chi connectivity index (χ0n) is 14.1. The van der Waals surface area contributed by atoms with Crippen LogP contribution in [-0.2, 0) is 4.79 Å². The van der Waals surface area contributed by atoms with Crippen LogP contribution in [0, 0.1) is 5.82 Å². The van der Waals surface area contributed by atoms with Crippen molar-refractivity contribution in [2.24, 2.45) is 10.7 Å². The van der Waals surface area contributed by atoms with Gasteiger partial charge in [0.1, 0.15) is 12.4 Å². The summed E-state index contributed by atoms with van der Waals surface area (Å²) in [5, 5.41) is 5.51. The van der Waals surface area contributed by atoms with Gasteiger partial charge < -0.3 is 16.4 Å². The van der Waals surface area contributed by atoms with Gasteiger partial charge in [-0.25, -0.2) is 9.38 Å². The van der Waals surface area contributed by atoms with Crippen LogP contribution >= 0.6 is 24.0 Å². The summed E-state index contributed by atoms with van der Waals surface area (Å²) in [7, 11) is 0. The predicted octanol–water partition coefficient (Wildman–Crippen LogP) is 3.93. The second kappa shape index (κ2) is 9.97. The Kier molecular flexibility index (Phi) is 8.33. The van der Waals surface area contributed by atoms with E-state index in [2.05, 4.69) is 29.5 Å². The molecule has 0 fully saturated rings. The molecule has 0 aromatic heterocycles. The molecule has 4 N–H and O–H groups in total. The number of anilines is 2. The molecule has 5 nitrogen and oxygen atoms in total. The number of aliphatic imine (C=N–C) groups is 1. The fourth-order valence-electron chi connectivity index (χ4n) is 2.09. The molecule has 0 unspecified atom stereocenters. The highest BCUT2D eigenvalue weighted by Gasteiger charge is 2.04. The Bertz CT molecular complexity index is 749. The molecule has 2 rings (SSSR count). The van der Waals surface area contributed by atoms with E-state index in [1.54, 1.807) is 6.07 Å². The van der Waals surface area contributed by atoms with Gasteiger partial charge in [-0.1, -0.05) is 32.0 Å². The Labute approximate surface area is 163 Å². The number of nitrogens with two attached hydrogens (primary N) is 1. The van der Waals surface area contributed by atoms with E-state index in [1.807, 2.05) is 24.3 Å². The summed E-state index contributed by atoms with van der Waals surface area (Å²) in [5.41, 5.74) is 8.17. The molecule has 7 heteroatoms. The van der Waals surface area contributed by atoms with Crippen molar-refractivity contribution in [3.63, 3.8) is 0 Å². The van der Waals surface area contributed by atoms with Crippen LogP contribution in [0.4, 0.5) is 15.8 Å². The van der Waals surface area contributed by atoms with E-state index in [9.17, 15) is 9.18 Å². The number of nitrogens with one attached hydrogen (secondary N) is 2. The summed E-state index contributed by atoms with van der Waals surface area (Å²) in [5.74, 6) is -0.240. The lowest BCUT2D eigenvalue weighted by atomic mass is 10.0. The van der Waals surface area contributed by atoms with Crippen LogP contribution in [-0.4, -0.2) is 18.4 Å². The van der Waals surface area contributed by atoms with Crippen LogP contribution in [0.3, 0.4) is 0 Å². The number of hydrogen-bond acceptors (Lipinski definition) is 2. The quantitative estimate of drug-likeness (QED) is 0.363. The van der Waals surface area contributed by atoms with Crippen LogP contribution < -0.4 is 16.4 Å². The number of benzene rings is 2. The Balaban J connectivity index is 0.00000312. The van der Waals surface area contributed by atoms with E-state index in [1.165, 1.54) is 23.8 Å². The number of carbonyl (C=O) groups excluding carboxylic acids is 1. The Morgan fingerprint density at radius 2 is 1.76 bits per heavy atom. The number of carbonyl (C=O) groups is 1. The van der Waals surface area contributed by atoms with Crippen molar-refractivity contribution in [3.05, 3.63) is 59.9 Å². The standard InChI is InChI=1S/C18H21FN4O.HI/c1-12(2)13-5-3-7-15(9-13)23-18(20)21-11-17(24)22-16-8-4-6-14(19)10-16;/h3-10,12H,11H2,1-2H3,(H,22,24)(H3,20,21,23);1H. The number of amides is 1. The van der Waals surface area contributed by atoms with Crippen molar-refractivity contribution in [1.29, 1.82) is 0 Å². The van der Waals surface area contributed by atoms with E-state index in [4.69, 9.17) is 5.73 Å². The van der Waals surface area contributed by atoms with E-state index < -0.39 is 5.82 Å². The average Bonchev–Trinajstić information content (AvgIpc) is 2.53. The highest BCUT2D eigenvalue weighted by Crippen LogP contribution is 2.18. The minimum Gasteiger partial charge on any atom is -0.370 e. The molecule has 0 saturated heterocycles. The smallest absolute Gasteiger partial charge is 0.246 e. The molecule has 0 saturated carbocycles. The van der Waals surface area contributed by atoms with Crippen molar-refractivity contribution in [3.8, 4) is 0 Å². The Hall–Kier alpha value is -2.16. The Morgan fingerprint density at radius 1 is 1.12 bits per heavy atom. The summed E-state index contributed by atoms with van der Waals surface area (Å²) in [4.78, 5) is 15.8. The third kappa shape index (κ3) is 7.08. The zero-order valence-corrected chi connectivity index (χ0v) is 16.5. The van der Waals surface area contributed by atoms with Crippen LogP contribution in [0.15, 0.2) is 53.5 Å². The van der Waals surface area contributed by atoms with E-state index in [0.717, 1.165) is 5.69 Å². The normalized spacial score (nSPS) is 11.0. The molecule has 0 spiro atoms. The van der Waals surface area contributed by atoms with Gasteiger partial charge in [-0.15, -0.1) is 24.0 Å². The number of rotatable bonds is 5. The average molecular weight is 456 g/mol. The van der Waals surface area contributed by atoms with Crippen LogP contribution in [0.5, 0.6) is 0 Å². The molecular formula is C18H22FIN4O. The number of halogens is 2. The summed E-state index contributed by atoms with van der Waals surface area (Å²) in [6.07, 6.45) is 0. The van der Waals surface area contributed by atoms with Gasteiger partial charge in [-0.2, -0.15) is 0 Å². The van der Waals surface area contributed by atoms with E-state index in [0.29, 0.717) is 11.6 Å². The highest BCUT2D eigenvalue weighted by molar-refractivity contribution is 14.0. The molecule has 2 aromatic carbocycles. The van der Waals surface area contributed by atoms with Crippen molar-refractivity contribution >= 4 is 47.2 Å². The number of guanidine groups is 1. The largest absolute Gasteiger partial charge is 0.370 e. The number of hydrogen-bond donors (Lipinski definition) is 3. The molecule has 0 aliphatic heterocycles. The predicted molar refractivity (Wildman–Crippen MR) is 111 cm³/mol. The lowest BCUT2D eigenvalue weighted by molar-refractivity contribution is -0.114. The molecule has 0 aliphatic carbocycles. The lowest BCUT2D eigenvalue weighted by Crippen LogP contribution is -2.25. The third-order valence-electron chi connectivity index (χ3n) is 3.33. The first-order chi connectivity index (χ1) is 11.4. The molecule has 1 amide bonds. The van der Waals surface area contributed by atoms with Crippen molar-refractivity contribution in [1.82, 2.24) is 0 Å². The van der Waals surface area contributed by atoms with Gasteiger partial charge in [0.15, 0.2) is 5.96 Å². The van der Waals surface area contributed by atoms with Crippen molar-refractivity contribution in [2.45, 2.75) is 19.8 Å². The minimum atomic E-state index is -0.414. The molecule has 0 bridgehead atoms. The van der Waals surface area contributed by atoms with Gasteiger partial charge >= 0.3 is 0 Å². The van der Waals surface area contributed by atoms with Crippen LogP contribution in [0.1, 0.15) is 25.3 Å². The minimum absolute atomic E-state index is 0. The molecule has 0 radical (unpaired) electrons. The molecular weight excluding hydrogens is 434 g/mol. The SMILES string of the molecule is CC(C)c1cccc(NC(N)=NCC(=O)Nc2cccc(F)c2)c1.I. The van der Waals surface area contributed by atoms with Crippen LogP contribution in [0.2, 0.25) is 0 Å². The van der Waals surface area contributed by atoms with Gasteiger partial charge in [-0.3, -0.25) is 4.79 Å². The summed E-state index contributed by atoms with van der Waals surface area (Å²) >= 11 is 0. The maximum atomic E-state index is 13.1. The maximum absolute atomic E-state index is 13.1. The maximum Gasteiger partial charge on any atom is 0.246 e. The fraction of sp³-hybridized carbons (Fsp3) is 0.222. The molecule has 0 atom stereocenters. The molecule has 2 aromatic rings. The second-order valence-corrected chi connectivity index (χ2v) is 5.67. The van der Waals surface area contributed by atoms with Gasteiger partial charge in [0.2, 0.25) is 5.91 Å². The summed E-state index contributed by atoms with van der Waals surface area (Å²) < 4.78 is 13.1. The molecule has 0 heterocycles. The van der Waals surface area contributed by atoms with Gasteiger partial charge in [-0.05, 0) is 41.8 Å². The summed E-state index contributed by atoms with van der Waals surface area (Å²) in [6.45, 7) is 4.06. The highest BCUT2D eigenvalue weighted by atomic mass is 127. The zero-order chi connectivity index (χ0) is 17.5. The van der Waals surface area contributed by atoms with Crippen LogP contribution in [0.25, 0.3) is 0 Å². The molecule has 134 valence electrons. The number of nitrogens with zero attached hydrogens (tertiary/aromatic N) is 1. The second-order valence-electron chi connectivity index (χ2n) is 5.67. The first-order valence-electron chi connectivity index (χ1n) is 7.66. The third-order valence-corrected chi connectivity index (χ3v) is 3.33. The Morgan fingerprint density at radius 3 is 2.40 bits per heavy atom. The first kappa shape index (κ1) is 20.9. The molecule has 25 heavy (non-hydrogen) atoms. The van der Waals surface area contributed by atoms with Gasteiger partial charge in [0, 0.05) is 11.4 Å². The lowest BCUT2D eigenvalue weighted by Gasteiger charge is -2.10. The van der Waals surface area contributed by atoms with Crippen molar-refractivity contribution < 1.29 is 9.18 Å². The summed E-state index contributed by atoms with van der Waals surface area (Å²) in [6, 6.07) is 13.5. The molecule has 0 aliphatic rings. The monoisotopic (exact) mass is 456 g/mol. The van der Waals surface area contributed by atoms with E-state index >= 15 is 0 Å². The fourth-order valence-corrected chi connectivity index (χ4v) is 2.09.